The molecule has 2 aliphatic heterocycles. The smallest absolute Gasteiger partial charge is 0.333 e. The number of rotatable bonds is 19. The summed E-state index contributed by atoms with van der Waals surface area (Å²) in [6.45, 7) is 1.53. The Labute approximate surface area is 242 Å². The maximum Gasteiger partial charge on any atom is 0.333 e. The van der Waals surface area contributed by atoms with Crippen LogP contribution in [0.25, 0.3) is 0 Å². The molecular weight excluding hydrogens is 556 g/mol. The molecule has 1 aromatic carbocycles. The lowest BCUT2D eigenvalue weighted by molar-refractivity contribution is -0.195. The van der Waals surface area contributed by atoms with Gasteiger partial charge in [0.1, 0.15) is 24.7 Å². The highest BCUT2D eigenvalue weighted by Gasteiger charge is 2.34. The third-order valence-electron chi connectivity index (χ3n) is 6.40. The second kappa shape index (κ2) is 17.1. The van der Waals surface area contributed by atoms with Gasteiger partial charge in [0.15, 0.2) is 6.10 Å². The predicted octanol–water partition coefficient (Wildman–Crippen LogP) is 0.686. The van der Waals surface area contributed by atoms with E-state index in [1.54, 1.807) is 18.2 Å². The van der Waals surface area contributed by atoms with Crippen molar-refractivity contribution in [2.75, 3.05) is 32.9 Å². The van der Waals surface area contributed by atoms with E-state index in [2.05, 4.69) is 5.32 Å². The van der Waals surface area contributed by atoms with Gasteiger partial charge in [0.25, 0.3) is 18.3 Å². The number of unbranched alkanes of at least 4 members (excludes halogenated alkanes) is 2. The molecule has 1 aromatic rings. The van der Waals surface area contributed by atoms with E-state index in [9.17, 15) is 34.2 Å². The highest BCUT2D eigenvalue weighted by Crippen LogP contribution is 2.29. The number of nitrogens with zero attached hydrogens (tertiary/aromatic N) is 1. The standard InChI is InChI=1S/C28H36N2O12/c31-18-39-17-19-5-6-21(41-27-15-20(32)14-23(42-27)28(36)37)16-22(19)40-13-12-38-11-9-29-24(33)4-2-1-3-10-30-25(34)7-8-26(30)35/h5-8,16,18,20,23,27,32H,1-4,9-15,17H2,(H,29,33)(H,36,37). The number of carbonyl (C=O) groups is 5. The van der Waals surface area contributed by atoms with Crippen LogP contribution in [0.1, 0.15) is 44.1 Å². The molecule has 3 unspecified atom stereocenters. The zero-order valence-corrected chi connectivity index (χ0v) is 23.1. The van der Waals surface area contributed by atoms with Gasteiger partial charge in [-0.2, -0.15) is 0 Å². The van der Waals surface area contributed by atoms with Gasteiger partial charge in [-0.15, -0.1) is 0 Å². The fourth-order valence-corrected chi connectivity index (χ4v) is 4.28. The topological polar surface area (TPSA) is 187 Å². The minimum atomic E-state index is -1.19. The maximum atomic E-state index is 12.0. The predicted molar refractivity (Wildman–Crippen MR) is 143 cm³/mol. The van der Waals surface area contributed by atoms with Crippen molar-refractivity contribution in [3.63, 3.8) is 0 Å². The molecular formula is C28H36N2O12. The van der Waals surface area contributed by atoms with Gasteiger partial charge in [-0.3, -0.25) is 24.1 Å². The molecule has 14 heteroatoms. The quantitative estimate of drug-likeness (QED) is 0.116. The molecule has 0 saturated carbocycles. The SMILES string of the molecule is O=COCc1ccc(OC2CC(O)CC(C(=O)O)O2)cc1OCCOCCNC(=O)CCCCCN1C(=O)C=CC1=O. The average Bonchev–Trinajstić information content (AvgIpc) is 3.28. The van der Waals surface area contributed by atoms with Crippen molar-refractivity contribution in [3.8, 4) is 11.5 Å². The van der Waals surface area contributed by atoms with E-state index in [1.165, 1.54) is 17.1 Å². The van der Waals surface area contributed by atoms with Gasteiger partial charge in [0.2, 0.25) is 12.2 Å². The second-order valence-corrected chi connectivity index (χ2v) is 9.60. The molecule has 0 radical (unpaired) electrons. The summed E-state index contributed by atoms with van der Waals surface area (Å²) in [5.74, 6) is -1.25. The van der Waals surface area contributed by atoms with Crippen molar-refractivity contribution in [3.05, 3.63) is 35.9 Å². The summed E-state index contributed by atoms with van der Waals surface area (Å²) in [6, 6.07) is 4.76. The van der Waals surface area contributed by atoms with Gasteiger partial charge >= 0.3 is 5.97 Å². The van der Waals surface area contributed by atoms with E-state index in [-0.39, 0.29) is 57.0 Å². The number of amides is 3. The van der Waals surface area contributed by atoms with Crippen molar-refractivity contribution < 1.29 is 57.9 Å². The summed E-state index contributed by atoms with van der Waals surface area (Å²) in [5.41, 5.74) is 0.560. The number of ether oxygens (including phenoxy) is 5. The molecule has 3 amide bonds. The van der Waals surface area contributed by atoms with Gasteiger partial charge in [-0.05, 0) is 25.0 Å². The van der Waals surface area contributed by atoms with E-state index < -0.39 is 24.5 Å². The van der Waals surface area contributed by atoms with E-state index in [4.69, 9.17) is 23.7 Å². The van der Waals surface area contributed by atoms with Crippen LogP contribution in [0.3, 0.4) is 0 Å². The molecule has 0 aromatic heterocycles. The van der Waals surface area contributed by atoms with Crippen LogP contribution in [0.4, 0.5) is 0 Å². The second-order valence-electron chi connectivity index (χ2n) is 9.60. The lowest BCUT2D eigenvalue weighted by Crippen LogP contribution is -2.42. The van der Waals surface area contributed by atoms with Gasteiger partial charge < -0.3 is 39.2 Å². The number of aliphatic hydroxyl groups excluding tert-OH is 1. The van der Waals surface area contributed by atoms with Crippen LogP contribution in [0, 0.1) is 0 Å². The molecule has 0 aliphatic carbocycles. The number of hydrogen-bond acceptors (Lipinski definition) is 11. The highest BCUT2D eigenvalue weighted by molar-refractivity contribution is 6.12. The number of carboxylic acid groups (broad SMARTS) is 1. The molecule has 2 heterocycles. The maximum absolute atomic E-state index is 12.0. The van der Waals surface area contributed by atoms with Crippen LogP contribution < -0.4 is 14.8 Å². The van der Waals surface area contributed by atoms with Crippen molar-refractivity contribution in [1.29, 1.82) is 0 Å². The summed E-state index contributed by atoms with van der Waals surface area (Å²) in [6.07, 6.45) is 1.85. The number of nitrogens with one attached hydrogen (secondary N) is 1. The first kappa shape index (κ1) is 32.5. The molecule has 3 atom stereocenters. The Morgan fingerprint density at radius 1 is 1.07 bits per heavy atom. The summed E-state index contributed by atoms with van der Waals surface area (Å²) in [7, 11) is 0. The third-order valence-corrected chi connectivity index (χ3v) is 6.40. The Morgan fingerprint density at radius 2 is 1.86 bits per heavy atom. The fourth-order valence-electron chi connectivity index (χ4n) is 4.28. The number of imide groups is 1. The molecule has 3 rings (SSSR count). The Balaban J connectivity index is 1.32. The zero-order chi connectivity index (χ0) is 30.3. The van der Waals surface area contributed by atoms with E-state index in [1.807, 2.05) is 0 Å². The molecule has 42 heavy (non-hydrogen) atoms. The number of aliphatic carboxylic acids is 1. The minimum absolute atomic E-state index is 0.0273. The van der Waals surface area contributed by atoms with Crippen molar-refractivity contribution in [2.24, 2.45) is 0 Å². The Bertz CT molecular complexity index is 1110. The molecule has 1 saturated heterocycles. The highest BCUT2D eigenvalue weighted by atomic mass is 16.7. The lowest BCUT2D eigenvalue weighted by atomic mass is 10.1. The normalized spacial score (nSPS) is 19.9. The molecule has 14 nitrogen and oxygen atoms in total. The monoisotopic (exact) mass is 592 g/mol. The number of hydrogen-bond donors (Lipinski definition) is 3. The molecule has 1 fully saturated rings. The average molecular weight is 593 g/mol. The third kappa shape index (κ3) is 10.8. The Kier molecular flexibility index (Phi) is 13.2. The van der Waals surface area contributed by atoms with Crippen LogP contribution in [0.5, 0.6) is 11.5 Å². The zero-order valence-electron chi connectivity index (χ0n) is 23.1. The first-order valence-corrected chi connectivity index (χ1v) is 13.7. The van der Waals surface area contributed by atoms with E-state index in [0.29, 0.717) is 62.3 Å². The summed E-state index contributed by atoms with van der Waals surface area (Å²) in [4.78, 5) is 58.1. The van der Waals surface area contributed by atoms with Crippen molar-refractivity contribution in [1.82, 2.24) is 10.2 Å². The van der Waals surface area contributed by atoms with Crippen molar-refractivity contribution >= 4 is 30.2 Å². The fraction of sp³-hybridized carbons (Fsp3) is 0.536. The Morgan fingerprint density at radius 3 is 2.60 bits per heavy atom. The molecule has 230 valence electrons. The largest absolute Gasteiger partial charge is 0.491 e. The molecule has 3 N–H and O–H groups in total. The summed E-state index contributed by atoms with van der Waals surface area (Å²) < 4.78 is 27.2. The van der Waals surface area contributed by atoms with Crippen molar-refractivity contribution in [2.45, 2.75) is 63.6 Å². The lowest BCUT2D eigenvalue weighted by Gasteiger charge is -2.31. The van der Waals surface area contributed by atoms with Crippen LogP contribution in [-0.4, -0.2) is 96.7 Å². The molecule has 0 bridgehead atoms. The van der Waals surface area contributed by atoms with E-state index >= 15 is 0 Å². The van der Waals surface area contributed by atoms with Crippen LogP contribution in [0.15, 0.2) is 30.4 Å². The van der Waals surface area contributed by atoms with Crippen LogP contribution in [-0.2, 0) is 44.8 Å². The Hall–Kier alpha value is -4.01. The van der Waals surface area contributed by atoms with Gasteiger partial charge in [-0.25, -0.2) is 4.79 Å². The molecule has 2 aliphatic rings. The van der Waals surface area contributed by atoms with E-state index in [0.717, 1.165) is 0 Å². The number of benzene rings is 1. The van der Waals surface area contributed by atoms with Gasteiger partial charge in [-0.1, -0.05) is 6.42 Å². The first-order valence-electron chi connectivity index (χ1n) is 13.7. The number of carbonyl (C=O) groups excluding carboxylic acids is 4. The summed E-state index contributed by atoms with van der Waals surface area (Å²) in [5, 5.41) is 21.9. The minimum Gasteiger partial charge on any atom is -0.491 e. The van der Waals surface area contributed by atoms with Gasteiger partial charge in [0, 0.05) is 56.1 Å². The van der Waals surface area contributed by atoms with Gasteiger partial charge in [0.05, 0.1) is 19.3 Å². The first-order chi connectivity index (χ1) is 20.3. The number of aliphatic hydroxyl groups is 1. The van der Waals surface area contributed by atoms with Crippen LogP contribution in [0.2, 0.25) is 0 Å². The summed E-state index contributed by atoms with van der Waals surface area (Å²) >= 11 is 0. The number of carboxylic acids is 1. The van der Waals surface area contributed by atoms with Crippen LogP contribution >= 0.6 is 0 Å². The molecule has 0 spiro atoms.